The Kier molecular flexibility index (Phi) is 6.86. The third-order valence-corrected chi connectivity index (χ3v) is 6.21. The van der Waals surface area contributed by atoms with Gasteiger partial charge in [-0.05, 0) is 55.4 Å². The van der Waals surface area contributed by atoms with Crippen LogP contribution >= 0.6 is 11.6 Å². The summed E-state index contributed by atoms with van der Waals surface area (Å²) in [5.74, 6) is -0.881. The van der Waals surface area contributed by atoms with Crippen molar-refractivity contribution in [3.8, 4) is 5.69 Å². The van der Waals surface area contributed by atoms with Gasteiger partial charge in [0.05, 0.1) is 17.4 Å². The van der Waals surface area contributed by atoms with Crippen molar-refractivity contribution in [2.24, 2.45) is 0 Å². The molecular formula is C24H25ClF3N5O. The molecule has 0 unspecified atom stereocenters. The van der Waals surface area contributed by atoms with E-state index in [9.17, 15) is 18.0 Å². The average Bonchev–Trinajstić information content (AvgIpc) is 3.27. The number of anilines is 2. The molecular weight excluding hydrogens is 467 g/mol. The van der Waals surface area contributed by atoms with Crippen LogP contribution < -0.4 is 10.2 Å². The van der Waals surface area contributed by atoms with Crippen LogP contribution in [0, 0.1) is 6.92 Å². The van der Waals surface area contributed by atoms with Crippen molar-refractivity contribution in [2.45, 2.75) is 20.0 Å². The summed E-state index contributed by atoms with van der Waals surface area (Å²) in [7, 11) is 0. The van der Waals surface area contributed by atoms with Gasteiger partial charge in [0.25, 0.3) is 5.91 Å². The molecule has 1 N–H and O–H groups in total. The fourth-order valence-electron chi connectivity index (χ4n) is 4.09. The molecule has 34 heavy (non-hydrogen) atoms. The van der Waals surface area contributed by atoms with Crippen LogP contribution in [0.5, 0.6) is 0 Å². The number of hydrogen-bond acceptors (Lipinski definition) is 4. The quantitative estimate of drug-likeness (QED) is 0.530. The molecule has 0 bridgehead atoms. The summed E-state index contributed by atoms with van der Waals surface area (Å²) in [4.78, 5) is 17.5. The lowest BCUT2D eigenvalue weighted by Crippen LogP contribution is -2.46. The summed E-state index contributed by atoms with van der Waals surface area (Å²) >= 11 is 5.93. The summed E-state index contributed by atoms with van der Waals surface area (Å²) in [6.07, 6.45) is -3.87. The topological polar surface area (TPSA) is 53.4 Å². The van der Waals surface area contributed by atoms with Crippen molar-refractivity contribution in [1.82, 2.24) is 14.7 Å². The third kappa shape index (κ3) is 5.05. The predicted molar refractivity (Wildman–Crippen MR) is 127 cm³/mol. The molecule has 1 aromatic heterocycles. The van der Waals surface area contributed by atoms with Crippen molar-refractivity contribution in [2.75, 3.05) is 42.9 Å². The van der Waals surface area contributed by atoms with Crippen LogP contribution in [0.25, 0.3) is 5.69 Å². The molecule has 2 heterocycles. The van der Waals surface area contributed by atoms with E-state index in [0.717, 1.165) is 50.2 Å². The summed E-state index contributed by atoms with van der Waals surface area (Å²) < 4.78 is 42.5. The number of amides is 1. The first kappa shape index (κ1) is 24.1. The number of likely N-dealkylation sites (N-methyl/N-ethyl adjacent to an activating group) is 1. The molecule has 4 rings (SSSR count). The molecule has 1 aliphatic heterocycles. The zero-order chi connectivity index (χ0) is 24.5. The van der Waals surface area contributed by atoms with Crippen molar-refractivity contribution >= 4 is 28.9 Å². The molecule has 2 aromatic carbocycles. The summed E-state index contributed by atoms with van der Waals surface area (Å²) in [6.45, 7) is 8.73. The van der Waals surface area contributed by atoms with Gasteiger partial charge in [-0.1, -0.05) is 24.6 Å². The largest absolute Gasteiger partial charge is 0.434 e. The first-order chi connectivity index (χ1) is 16.2. The van der Waals surface area contributed by atoms with E-state index in [0.29, 0.717) is 10.4 Å². The highest BCUT2D eigenvalue weighted by Gasteiger charge is 2.40. The van der Waals surface area contributed by atoms with Crippen molar-refractivity contribution in [1.29, 1.82) is 0 Å². The minimum Gasteiger partial charge on any atom is -0.369 e. The van der Waals surface area contributed by atoms with Crippen LogP contribution in [0.3, 0.4) is 0 Å². The van der Waals surface area contributed by atoms with E-state index < -0.39 is 23.3 Å². The molecule has 0 spiro atoms. The Bertz CT molecular complexity index is 1190. The van der Waals surface area contributed by atoms with Gasteiger partial charge in [-0.15, -0.1) is 0 Å². The number of carbonyl (C=O) groups is 1. The fourth-order valence-corrected chi connectivity index (χ4v) is 4.27. The average molecular weight is 492 g/mol. The van der Waals surface area contributed by atoms with Crippen LogP contribution in [0.2, 0.25) is 5.02 Å². The number of benzene rings is 2. The van der Waals surface area contributed by atoms with E-state index in [4.69, 9.17) is 11.6 Å². The lowest BCUT2D eigenvalue weighted by atomic mass is 10.1. The van der Waals surface area contributed by atoms with E-state index in [1.165, 1.54) is 18.2 Å². The molecule has 10 heteroatoms. The number of alkyl halides is 3. The first-order valence-electron chi connectivity index (χ1n) is 11.0. The minimum absolute atomic E-state index is 0.113. The number of hydrogen-bond donors (Lipinski definition) is 1. The van der Waals surface area contributed by atoms with Crippen LogP contribution in [0.1, 0.15) is 28.5 Å². The second-order valence-electron chi connectivity index (χ2n) is 8.17. The number of nitrogens with zero attached hydrogens (tertiary/aromatic N) is 4. The van der Waals surface area contributed by atoms with Gasteiger partial charge in [-0.2, -0.15) is 18.3 Å². The summed E-state index contributed by atoms with van der Waals surface area (Å²) in [5.41, 5.74) is 0.629. The number of aromatic nitrogens is 2. The van der Waals surface area contributed by atoms with Crippen LogP contribution in [0.4, 0.5) is 24.5 Å². The lowest BCUT2D eigenvalue weighted by Gasteiger charge is -2.35. The summed E-state index contributed by atoms with van der Waals surface area (Å²) in [6, 6.07) is 11.4. The molecule has 1 aliphatic rings. The normalized spacial score (nSPS) is 14.9. The second-order valence-corrected chi connectivity index (χ2v) is 8.61. The van der Waals surface area contributed by atoms with Crippen LogP contribution in [-0.2, 0) is 6.18 Å². The number of carbonyl (C=O) groups excluding carboxylic acids is 1. The summed E-state index contributed by atoms with van der Waals surface area (Å²) in [5, 5.41) is 6.71. The predicted octanol–water partition coefficient (Wildman–Crippen LogP) is 5.25. The molecule has 180 valence electrons. The van der Waals surface area contributed by atoms with Gasteiger partial charge in [0.2, 0.25) is 0 Å². The second kappa shape index (κ2) is 9.68. The van der Waals surface area contributed by atoms with E-state index in [1.54, 1.807) is 12.1 Å². The Hall–Kier alpha value is -3.04. The van der Waals surface area contributed by atoms with Crippen LogP contribution in [-0.4, -0.2) is 53.3 Å². The Balaban J connectivity index is 1.57. The number of aryl methyl sites for hydroxylation is 1. The van der Waals surface area contributed by atoms with Crippen LogP contribution in [0.15, 0.2) is 48.7 Å². The van der Waals surface area contributed by atoms with Gasteiger partial charge in [-0.3, -0.25) is 4.79 Å². The SMILES string of the molecule is CCN1CCN(c2ccc(NC(=O)c3cnn(-c4cccc(Cl)c4)c3C(F)(F)F)c(C)c2)CC1. The minimum atomic E-state index is -4.80. The monoisotopic (exact) mass is 491 g/mol. The number of rotatable bonds is 5. The molecule has 0 aliphatic carbocycles. The van der Waals surface area contributed by atoms with Gasteiger partial charge in [0, 0.05) is 42.6 Å². The fraction of sp³-hybridized carbons (Fsp3) is 0.333. The highest BCUT2D eigenvalue weighted by atomic mass is 35.5. The zero-order valence-electron chi connectivity index (χ0n) is 18.9. The van der Waals surface area contributed by atoms with Gasteiger partial charge in [0.15, 0.2) is 5.69 Å². The maximum atomic E-state index is 13.9. The van der Waals surface area contributed by atoms with E-state index in [-0.39, 0.29) is 10.7 Å². The Morgan fingerprint density at radius 3 is 2.44 bits per heavy atom. The van der Waals surface area contributed by atoms with Crippen molar-refractivity contribution in [3.05, 3.63) is 70.5 Å². The maximum Gasteiger partial charge on any atom is 0.434 e. The Labute approximate surface area is 200 Å². The smallest absolute Gasteiger partial charge is 0.369 e. The standard InChI is InChI=1S/C24H25ClF3N5O/c1-3-31-9-11-32(12-10-31)18-7-8-21(16(2)13-18)30-23(34)20-15-29-33(22(20)24(26,27)28)19-6-4-5-17(25)14-19/h4-8,13-15H,3,9-12H2,1-2H3,(H,30,34). The first-order valence-corrected chi connectivity index (χ1v) is 11.4. The number of piperazine rings is 1. The van der Waals surface area contributed by atoms with Crippen molar-refractivity contribution < 1.29 is 18.0 Å². The molecule has 0 atom stereocenters. The number of nitrogens with one attached hydrogen (secondary N) is 1. The van der Waals surface area contributed by atoms with E-state index >= 15 is 0 Å². The number of halogens is 4. The van der Waals surface area contributed by atoms with Gasteiger partial charge < -0.3 is 15.1 Å². The van der Waals surface area contributed by atoms with Crippen molar-refractivity contribution in [3.63, 3.8) is 0 Å². The zero-order valence-corrected chi connectivity index (χ0v) is 19.6. The molecule has 0 radical (unpaired) electrons. The van der Waals surface area contributed by atoms with Gasteiger partial charge >= 0.3 is 6.18 Å². The molecule has 6 nitrogen and oxygen atoms in total. The Morgan fingerprint density at radius 2 is 1.82 bits per heavy atom. The lowest BCUT2D eigenvalue weighted by molar-refractivity contribution is -0.143. The molecule has 1 amide bonds. The maximum absolute atomic E-state index is 13.9. The molecule has 1 saturated heterocycles. The van der Waals surface area contributed by atoms with Gasteiger partial charge in [-0.25, -0.2) is 4.68 Å². The molecule has 0 saturated carbocycles. The third-order valence-electron chi connectivity index (χ3n) is 5.98. The van der Waals surface area contributed by atoms with E-state index in [1.807, 2.05) is 19.1 Å². The van der Waals surface area contributed by atoms with Gasteiger partial charge in [0.1, 0.15) is 0 Å². The highest BCUT2D eigenvalue weighted by molar-refractivity contribution is 6.30. The Morgan fingerprint density at radius 1 is 1.09 bits per heavy atom. The van der Waals surface area contributed by atoms with E-state index in [2.05, 4.69) is 27.1 Å². The molecule has 3 aromatic rings. The highest BCUT2D eigenvalue weighted by Crippen LogP contribution is 2.34. The molecule has 1 fully saturated rings.